The van der Waals surface area contributed by atoms with Gasteiger partial charge in [0.05, 0.1) is 0 Å². The largest absolute Gasteiger partial charge is 0.352 e. The van der Waals surface area contributed by atoms with Gasteiger partial charge in [-0.1, -0.05) is 57.0 Å². The fraction of sp³-hybridized carbons (Fsp3) is 0.550. The molecule has 2 N–H and O–H groups in total. The Hall–Kier alpha value is -2.37. The van der Waals surface area contributed by atoms with Crippen molar-refractivity contribution < 1.29 is 14.4 Å². The van der Waals surface area contributed by atoms with Gasteiger partial charge in [0, 0.05) is 6.04 Å². The predicted molar refractivity (Wildman–Crippen MR) is 98.2 cm³/mol. The van der Waals surface area contributed by atoms with Gasteiger partial charge in [-0.05, 0) is 30.7 Å². The van der Waals surface area contributed by atoms with Gasteiger partial charge in [0.25, 0.3) is 5.91 Å². The van der Waals surface area contributed by atoms with E-state index in [9.17, 15) is 14.4 Å². The van der Waals surface area contributed by atoms with Crippen LogP contribution in [0.15, 0.2) is 30.3 Å². The van der Waals surface area contributed by atoms with Crippen molar-refractivity contribution in [2.75, 3.05) is 6.54 Å². The molecule has 0 aromatic heterocycles. The molecule has 1 aromatic carbocycles. The van der Waals surface area contributed by atoms with Crippen LogP contribution in [0.25, 0.3) is 0 Å². The molecule has 0 unspecified atom stereocenters. The first kappa shape index (κ1) is 18.4. The van der Waals surface area contributed by atoms with E-state index in [0.29, 0.717) is 12.3 Å². The Morgan fingerprint density at radius 3 is 2.58 bits per heavy atom. The van der Waals surface area contributed by atoms with Crippen molar-refractivity contribution in [3.63, 3.8) is 0 Å². The van der Waals surface area contributed by atoms with Crippen LogP contribution in [-0.2, 0) is 15.1 Å². The van der Waals surface area contributed by atoms with Gasteiger partial charge in [0.2, 0.25) is 5.91 Å². The third-order valence-corrected chi connectivity index (χ3v) is 5.73. The van der Waals surface area contributed by atoms with E-state index in [4.69, 9.17) is 0 Å². The molecule has 2 aliphatic rings. The lowest BCUT2D eigenvalue weighted by molar-refractivity contribution is -0.135. The Bertz CT molecular complexity index is 691. The number of imide groups is 1. The Morgan fingerprint density at radius 2 is 1.92 bits per heavy atom. The Balaban J connectivity index is 1.71. The van der Waals surface area contributed by atoms with Gasteiger partial charge in [-0.25, -0.2) is 4.79 Å². The van der Waals surface area contributed by atoms with Gasteiger partial charge >= 0.3 is 6.03 Å². The third-order valence-electron chi connectivity index (χ3n) is 5.73. The number of nitrogens with zero attached hydrogens (tertiary/aromatic N) is 1. The van der Waals surface area contributed by atoms with Gasteiger partial charge in [-0.3, -0.25) is 14.5 Å². The van der Waals surface area contributed by atoms with E-state index in [1.807, 2.05) is 37.3 Å². The number of hydrogen-bond donors (Lipinski definition) is 2. The number of urea groups is 1. The summed E-state index contributed by atoms with van der Waals surface area (Å²) in [7, 11) is 0. The summed E-state index contributed by atoms with van der Waals surface area (Å²) in [6.07, 6.45) is 4.78. The highest BCUT2D eigenvalue weighted by Gasteiger charge is 2.51. The molecule has 4 amide bonds. The van der Waals surface area contributed by atoms with Crippen LogP contribution in [0, 0.1) is 5.92 Å². The number of carbonyl (C=O) groups is 3. The van der Waals surface area contributed by atoms with E-state index in [1.54, 1.807) is 0 Å². The minimum absolute atomic E-state index is 0.127. The summed E-state index contributed by atoms with van der Waals surface area (Å²) < 4.78 is 0. The highest BCUT2D eigenvalue weighted by Crippen LogP contribution is 2.32. The minimum atomic E-state index is -1.09. The molecule has 6 heteroatoms. The molecule has 0 bridgehead atoms. The van der Waals surface area contributed by atoms with E-state index in [-0.39, 0.29) is 24.4 Å². The van der Waals surface area contributed by atoms with Crippen molar-refractivity contribution in [3.8, 4) is 0 Å². The van der Waals surface area contributed by atoms with Crippen LogP contribution in [0.4, 0.5) is 4.79 Å². The lowest BCUT2D eigenvalue weighted by Crippen LogP contribution is -2.48. The zero-order valence-corrected chi connectivity index (χ0v) is 15.5. The maximum absolute atomic E-state index is 13.0. The molecular weight excluding hydrogens is 330 g/mol. The van der Waals surface area contributed by atoms with Crippen molar-refractivity contribution in [1.82, 2.24) is 15.5 Å². The summed E-state index contributed by atoms with van der Waals surface area (Å²) in [5.74, 6) is -0.204. The zero-order chi connectivity index (χ0) is 18.7. The molecule has 1 saturated carbocycles. The van der Waals surface area contributed by atoms with Gasteiger partial charge in [-0.15, -0.1) is 0 Å². The van der Waals surface area contributed by atoms with E-state index in [2.05, 4.69) is 17.6 Å². The first-order valence-corrected chi connectivity index (χ1v) is 9.47. The first-order valence-electron chi connectivity index (χ1n) is 9.47. The molecule has 140 valence electrons. The van der Waals surface area contributed by atoms with E-state index >= 15 is 0 Å². The smallest absolute Gasteiger partial charge is 0.325 e. The molecule has 26 heavy (non-hydrogen) atoms. The number of hydrogen-bond acceptors (Lipinski definition) is 3. The van der Waals surface area contributed by atoms with Crippen LogP contribution < -0.4 is 10.6 Å². The van der Waals surface area contributed by atoms with Gasteiger partial charge in [0.15, 0.2) is 0 Å². The van der Waals surface area contributed by atoms with Gasteiger partial charge < -0.3 is 10.6 Å². The van der Waals surface area contributed by atoms with Crippen LogP contribution in [0.5, 0.6) is 0 Å². The van der Waals surface area contributed by atoms with Crippen LogP contribution >= 0.6 is 0 Å². The summed E-state index contributed by atoms with van der Waals surface area (Å²) >= 11 is 0. The van der Waals surface area contributed by atoms with Gasteiger partial charge in [-0.2, -0.15) is 0 Å². The predicted octanol–water partition coefficient (Wildman–Crippen LogP) is 2.54. The molecule has 1 aliphatic carbocycles. The average Bonchev–Trinajstić information content (AvgIpc) is 2.89. The molecular formula is C20H27N3O3. The number of benzene rings is 1. The Morgan fingerprint density at radius 1 is 1.23 bits per heavy atom. The summed E-state index contributed by atoms with van der Waals surface area (Å²) in [6.45, 7) is 3.76. The highest BCUT2D eigenvalue weighted by molar-refractivity contribution is 6.09. The maximum Gasteiger partial charge on any atom is 0.325 e. The molecule has 0 spiro atoms. The molecule has 1 aliphatic heterocycles. The van der Waals surface area contributed by atoms with Crippen molar-refractivity contribution in [3.05, 3.63) is 35.9 Å². The molecule has 1 saturated heterocycles. The molecule has 2 fully saturated rings. The Labute approximate surface area is 154 Å². The summed E-state index contributed by atoms with van der Waals surface area (Å²) in [5, 5.41) is 5.82. The van der Waals surface area contributed by atoms with E-state index in [1.165, 1.54) is 6.42 Å². The van der Waals surface area contributed by atoms with Crippen LogP contribution in [0.2, 0.25) is 0 Å². The fourth-order valence-electron chi connectivity index (χ4n) is 4.06. The molecule has 6 nitrogen and oxygen atoms in total. The average molecular weight is 357 g/mol. The fourth-order valence-corrected chi connectivity index (χ4v) is 4.06. The lowest BCUT2D eigenvalue weighted by atomic mass is 9.86. The summed E-state index contributed by atoms with van der Waals surface area (Å²) in [4.78, 5) is 39.0. The Kier molecular flexibility index (Phi) is 5.30. The standard InChI is InChI=1S/C20H27N3O3/c1-3-20(15-10-5-4-6-11-15)18(25)23(19(26)22-20)13-17(24)21-16-12-8-7-9-14(16)2/h4-6,10-11,14,16H,3,7-9,12-13H2,1-2H3,(H,21,24)(H,22,26)/t14-,16+,20+/m1/s1. The monoisotopic (exact) mass is 357 g/mol. The molecule has 0 radical (unpaired) electrons. The summed E-state index contributed by atoms with van der Waals surface area (Å²) in [5.41, 5.74) is -0.346. The topological polar surface area (TPSA) is 78.5 Å². The van der Waals surface area contributed by atoms with Gasteiger partial charge in [0.1, 0.15) is 12.1 Å². The van der Waals surface area contributed by atoms with Crippen molar-refractivity contribution in [1.29, 1.82) is 0 Å². The summed E-state index contributed by atoms with van der Waals surface area (Å²) in [6, 6.07) is 8.82. The molecule has 1 aromatic rings. The third kappa shape index (κ3) is 3.32. The number of nitrogens with one attached hydrogen (secondary N) is 2. The zero-order valence-electron chi connectivity index (χ0n) is 15.5. The second-order valence-corrected chi connectivity index (χ2v) is 7.38. The second-order valence-electron chi connectivity index (χ2n) is 7.38. The van der Waals surface area contributed by atoms with Crippen molar-refractivity contribution in [2.45, 2.75) is 57.5 Å². The van der Waals surface area contributed by atoms with Crippen LogP contribution in [-0.4, -0.2) is 35.3 Å². The maximum atomic E-state index is 13.0. The normalized spacial score (nSPS) is 28.8. The SMILES string of the molecule is CC[C@@]1(c2ccccc2)NC(=O)N(CC(=O)N[C@H]2CCCC[C@H]2C)C1=O. The molecule has 1 heterocycles. The van der Waals surface area contributed by atoms with Crippen LogP contribution in [0.3, 0.4) is 0 Å². The first-order chi connectivity index (χ1) is 12.5. The van der Waals surface area contributed by atoms with Crippen molar-refractivity contribution in [2.24, 2.45) is 5.92 Å². The quantitative estimate of drug-likeness (QED) is 0.795. The van der Waals surface area contributed by atoms with E-state index in [0.717, 1.165) is 29.7 Å². The number of carbonyl (C=O) groups excluding carboxylic acids is 3. The van der Waals surface area contributed by atoms with E-state index < -0.39 is 11.6 Å². The number of rotatable bonds is 5. The molecule has 3 rings (SSSR count). The second kappa shape index (κ2) is 7.48. The minimum Gasteiger partial charge on any atom is -0.352 e. The van der Waals surface area contributed by atoms with Crippen LogP contribution in [0.1, 0.15) is 51.5 Å². The number of amides is 4. The molecule has 3 atom stereocenters. The lowest BCUT2D eigenvalue weighted by Gasteiger charge is -2.30. The highest BCUT2D eigenvalue weighted by atomic mass is 16.2. The van der Waals surface area contributed by atoms with Crippen molar-refractivity contribution >= 4 is 17.8 Å².